The number of anilines is 1. The molecule has 32 heavy (non-hydrogen) atoms. The molecule has 2 heterocycles. The van der Waals surface area contributed by atoms with Crippen LogP contribution in [0.5, 0.6) is 5.75 Å². The molecule has 1 aliphatic heterocycles. The standard InChI is InChI=1S/C21H31N5O5S/c1-14-9-22-15(2)12-31-18-7-6-16(24-32(28,29)20-11-25(3)13-23-20)8-17(18)21(27)26(4)10-19(14)30-5/h6-8,11,13-15,19,22,24H,9-10,12H2,1-5H3/t14-,15+,19+/m0/s1. The number of nitrogens with one attached hydrogen (secondary N) is 2. The van der Waals surface area contributed by atoms with E-state index in [4.69, 9.17) is 9.47 Å². The van der Waals surface area contributed by atoms with Gasteiger partial charge < -0.3 is 24.3 Å². The van der Waals surface area contributed by atoms with Crippen LogP contribution in [0.2, 0.25) is 0 Å². The molecule has 1 amide bonds. The Bertz CT molecular complexity index is 1050. The molecule has 1 aromatic carbocycles. The molecule has 0 saturated carbocycles. The van der Waals surface area contributed by atoms with Crippen molar-refractivity contribution in [3.05, 3.63) is 36.3 Å². The second kappa shape index (κ2) is 9.88. The van der Waals surface area contributed by atoms with Gasteiger partial charge in [0.15, 0.2) is 5.03 Å². The number of benzene rings is 1. The van der Waals surface area contributed by atoms with E-state index in [1.54, 1.807) is 42.8 Å². The van der Waals surface area contributed by atoms with Gasteiger partial charge in [0.1, 0.15) is 12.4 Å². The number of amides is 1. The molecule has 2 N–H and O–H groups in total. The fourth-order valence-corrected chi connectivity index (χ4v) is 4.49. The van der Waals surface area contributed by atoms with E-state index in [0.29, 0.717) is 18.9 Å². The number of nitrogens with zero attached hydrogens (tertiary/aromatic N) is 3. The third kappa shape index (κ3) is 5.59. The van der Waals surface area contributed by atoms with Gasteiger partial charge in [0.05, 0.1) is 18.0 Å². The lowest BCUT2D eigenvalue weighted by Gasteiger charge is -2.30. The van der Waals surface area contributed by atoms with Crippen LogP contribution in [0.25, 0.3) is 0 Å². The number of carbonyl (C=O) groups is 1. The number of carbonyl (C=O) groups excluding carboxylic acids is 1. The summed E-state index contributed by atoms with van der Waals surface area (Å²) in [6, 6.07) is 4.71. The minimum atomic E-state index is -3.90. The molecule has 1 aromatic heterocycles. The summed E-state index contributed by atoms with van der Waals surface area (Å²) in [7, 11) is 1.11. The van der Waals surface area contributed by atoms with Gasteiger partial charge in [-0.05, 0) is 31.0 Å². The van der Waals surface area contributed by atoms with Crippen molar-refractivity contribution in [1.29, 1.82) is 0 Å². The summed E-state index contributed by atoms with van der Waals surface area (Å²) < 4.78 is 40.9. The van der Waals surface area contributed by atoms with Gasteiger partial charge >= 0.3 is 0 Å². The Morgan fingerprint density at radius 3 is 2.69 bits per heavy atom. The zero-order valence-electron chi connectivity index (χ0n) is 19.0. The zero-order valence-corrected chi connectivity index (χ0v) is 19.8. The highest BCUT2D eigenvalue weighted by Crippen LogP contribution is 2.27. The second-order valence-corrected chi connectivity index (χ2v) is 9.88. The highest BCUT2D eigenvalue weighted by Gasteiger charge is 2.26. The summed E-state index contributed by atoms with van der Waals surface area (Å²) in [5.41, 5.74) is 0.513. The average Bonchev–Trinajstić information content (AvgIpc) is 3.20. The average molecular weight is 466 g/mol. The Kier molecular flexibility index (Phi) is 7.42. The van der Waals surface area contributed by atoms with Crippen LogP contribution in [0.1, 0.15) is 24.2 Å². The van der Waals surface area contributed by atoms with Crippen LogP contribution in [0.3, 0.4) is 0 Å². The minimum Gasteiger partial charge on any atom is -0.491 e. The number of fused-ring (bicyclic) bond motifs is 1. The molecule has 2 aromatic rings. The molecule has 11 heteroatoms. The smallest absolute Gasteiger partial charge is 0.280 e. The molecular weight excluding hydrogens is 434 g/mol. The minimum absolute atomic E-state index is 0.0531. The Hall–Kier alpha value is -2.63. The van der Waals surface area contributed by atoms with Crippen LogP contribution < -0.4 is 14.8 Å². The third-order valence-electron chi connectivity index (χ3n) is 5.43. The van der Waals surface area contributed by atoms with E-state index in [9.17, 15) is 13.2 Å². The number of aryl methyl sites for hydroxylation is 1. The SMILES string of the molecule is CO[C@@H]1CN(C)C(=O)c2cc(NS(=O)(=O)c3cn(C)cn3)ccc2OC[C@@H](C)NC[C@@H]1C. The molecule has 10 nitrogen and oxygen atoms in total. The maximum absolute atomic E-state index is 13.3. The highest BCUT2D eigenvalue weighted by molar-refractivity contribution is 7.92. The number of sulfonamides is 1. The van der Waals surface area contributed by atoms with Gasteiger partial charge in [-0.15, -0.1) is 0 Å². The molecule has 0 aliphatic carbocycles. The fraction of sp³-hybridized carbons (Fsp3) is 0.524. The first-order chi connectivity index (χ1) is 15.1. The van der Waals surface area contributed by atoms with E-state index in [2.05, 4.69) is 21.9 Å². The van der Waals surface area contributed by atoms with E-state index >= 15 is 0 Å². The van der Waals surface area contributed by atoms with Crippen LogP contribution in [0.4, 0.5) is 5.69 Å². The monoisotopic (exact) mass is 465 g/mol. The molecule has 0 unspecified atom stereocenters. The number of methoxy groups -OCH3 is 1. The number of ether oxygens (including phenoxy) is 2. The number of aromatic nitrogens is 2. The predicted molar refractivity (Wildman–Crippen MR) is 120 cm³/mol. The molecule has 0 fully saturated rings. The number of rotatable bonds is 4. The van der Waals surface area contributed by atoms with E-state index < -0.39 is 10.0 Å². The van der Waals surface area contributed by atoms with Gasteiger partial charge in [-0.25, -0.2) is 4.98 Å². The fourth-order valence-electron chi connectivity index (χ4n) is 3.46. The first-order valence-corrected chi connectivity index (χ1v) is 11.9. The van der Waals surface area contributed by atoms with E-state index in [1.807, 2.05) is 6.92 Å². The lowest BCUT2D eigenvalue weighted by atomic mass is 10.0. The van der Waals surface area contributed by atoms with E-state index in [0.717, 1.165) is 6.54 Å². The summed E-state index contributed by atoms with van der Waals surface area (Å²) >= 11 is 0. The van der Waals surface area contributed by atoms with Crippen LogP contribution >= 0.6 is 0 Å². The number of likely N-dealkylation sites (N-methyl/N-ethyl adjacent to an activating group) is 1. The Morgan fingerprint density at radius 2 is 2.03 bits per heavy atom. The Morgan fingerprint density at radius 1 is 1.28 bits per heavy atom. The van der Waals surface area contributed by atoms with Crippen molar-refractivity contribution in [2.45, 2.75) is 31.0 Å². The quantitative estimate of drug-likeness (QED) is 0.700. The number of hydrogen-bond donors (Lipinski definition) is 2. The summed E-state index contributed by atoms with van der Waals surface area (Å²) in [4.78, 5) is 18.7. The molecule has 0 spiro atoms. The first-order valence-electron chi connectivity index (χ1n) is 10.4. The van der Waals surface area contributed by atoms with Crippen molar-refractivity contribution in [2.75, 3.05) is 38.6 Å². The summed E-state index contributed by atoms with van der Waals surface area (Å²) in [6.07, 6.45) is 2.65. The second-order valence-electron chi connectivity index (χ2n) is 8.25. The maximum Gasteiger partial charge on any atom is 0.280 e. The van der Waals surface area contributed by atoms with Crippen molar-refractivity contribution in [2.24, 2.45) is 13.0 Å². The van der Waals surface area contributed by atoms with Gasteiger partial charge in [-0.1, -0.05) is 6.92 Å². The zero-order chi connectivity index (χ0) is 23.5. The largest absolute Gasteiger partial charge is 0.491 e. The Labute approximate surface area is 189 Å². The van der Waals surface area contributed by atoms with Crippen LogP contribution in [-0.4, -0.2) is 74.8 Å². The van der Waals surface area contributed by atoms with Crippen LogP contribution in [0, 0.1) is 5.92 Å². The number of imidazole rings is 1. The third-order valence-corrected chi connectivity index (χ3v) is 6.70. The van der Waals surface area contributed by atoms with E-state index in [-0.39, 0.29) is 40.2 Å². The van der Waals surface area contributed by atoms with Gasteiger partial charge in [-0.3, -0.25) is 9.52 Å². The summed E-state index contributed by atoms with van der Waals surface area (Å²) in [5, 5.41) is 3.32. The molecule has 0 radical (unpaired) electrons. The number of hydrogen-bond acceptors (Lipinski definition) is 7. The lowest BCUT2D eigenvalue weighted by molar-refractivity contribution is 0.0281. The maximum atomic E-state index is 13.3. The topological polar surface area (TPSA) is 115 Å². The molecule has 3 atom stereocenters. The van der Waals surface area contributed by atoms with Crippen molar-refractivity contribution < 1.29 is 22.7 Å². The van der Waals surface area contributed by atoms with E-state index in [1.165, 1.54) is 18.6 Å². The molecule has 0 bridgehead atoms. The molecular formula is C21H31N5O5S. The van der Waals surface area contributed by atoms with Gasteiger partial charge in [-0.2, -0.15) is 8.42 Å². The molecule has 0 saturated heterocycles. The lowest BCUT2D eigenvalue weighted by Crippen LogP contribution is -2.44. The normalized spacial score (nSPS) is 23.0. The van der Waals surface area contributed by atoms with Crippen LogP contribution in [0.15, 0.2) is 35.7 Å². The highest BCUT2D eigenvalue weighted by atomic mass is 32.2. The van der Waals surface area contributed by atoms with Crippen molar-refractivity contribution >= 4 is 21.6 Å². The molecule has 1 aliphatic rings. The predicted octanol–water partition coefficient (Wildman–Crippen LogP) is 1.31. The Balaban J connectivity index is 1.93. The molecule has 3 rings (SSSR count). The van der Waals surface area contributed by atoms with Crippen molar-refractivity contribution in [3.8, 4) is 5.75 Å². The summed E-state index contributed by atoms with van der Waals surface area (Å²) in [5.74, 6) is 0.279. The van der Waals surface area contributed by atoms with Gasteiger partial charge in [0, 0.05) is 52.2 Å². The van der Waals surface area contributed by atoms with Crippen molar-refractivity contribution in [3.63, 3.8) is 0 Å². The molecule has 176 valence electrons. The van der Waals surface area contributed by atoms with Crippen molar-refractivity contribution in [1.82, 2.24) is 19.8 Å². The summed E-state index contributed by atoms with van der Waals surface area (Å²) in [6.45, 7) is 5.54. The van der Waals surface area contributed by atoms with Crippen LogP contribution in [-0.2, 0) is 21.8 Å². The van der Waals surface area contributed by atoms with Gasteiger partial charge in [0.2, 0.25) is 0 Å². The first kappa shape index (κ1) is 24.0. The van der Waals surface area contributed by atoms with Gasteiger partial charge in [0.25, 0.3) is 15.9 Å².